The zero-order valence-corrected chi connectivity index (χ0v) is 14.9. The lowest BCUT2D eigenvalue weighted by Gasteiger charge is -2.45. The Kier molecular flexibility index (Phi) is 5.06. The minimum absolute atomic E-state index is 0.0881. The van der Waals surface area contributed by atoms with Crippen LogP contribution in [0.1, 0.15) is 66.2 Å². The van der Waals surface area contributed by atoms with E-state index >= 15 is 0 Å². The minimum Gasteiger partial charge on any atom is -0.314 e. The van der Waals surface area contributed by atoms with Crippen LogP contribution in [0, 0.1) is 10.8 Å². The lowest BCUT2D eigenvalue weighted by molar-refractivity contribution is 0.0934. The average molecular weight is 317 g/mol. The second-order valence-corrected chi connectivity index (χ2v) is 10.5. The highest BCUT2D eigenvalue weighted by Crippen LogP contribution is 2.45. The van der Waals surface area contributed by atoms with E-state index in [0.29, 0.717) is 12.5 Å². The monoisotopic (exact) mass is 316 g/mol. The van der Waals surface area contributed by atoms with Gasteiger partial charge in [-0.15, -0.1) is 0 Å². The first-order valence-electron chi connectivity index (χ1n) is 8.30. The molecule has 0 radical (unpaired) electrons. The molecule has 0 amide bonds. The molecule has 2 aliphatic rings. The van der Waals surface area contributed by atoms with E-state index in [4.69, 9.17) is 0 Å². The fourth-order valence-corrected chi connectivity index (χ4v) is 5.41. The zero-order chi connectivity index (χ0) is 15.7. The Morgan fingerprint density at radius 3 is 2.10 bits per heavy atom. The van der Waals surface area contributed by atoms with Gasteiger partial charge in [-0.1, -0.05) is 27.7 Å². The molecule has 0 spiro atoms. The second kappa shape index (κ2) is 6.17. The van der Waals surface area contributed by atoms with Gasteiger partial charge in [0.25, 0.3) is 0 Å². The summed E-state index contributed by atoms with van der Waals surface area (Å²) >= 11 is 0. The van der Waals surface area contributed by atoms with E-state index in [1.165, 1.54) is 12.8 Å². The Hall–Kier alpha value is -0.130. The summed E-state index contributed by atoms with van der Waals surface area (Å²) in [4.78, 5) is 0. The van der Waals surface area contributed by atoms with E-state index in [1.807, 2.05) is 0 Å². The summed E-state index contributed by atoms with van der Waals surface area (Å²) in [5.41, 5.74) is 0.422. The van der Waals surface area contributed by atoms with Crippen molar-refractivity contribution in [3.8, 4) is 0 Å². The average Bonchev–Trinajstić information content (AvgIpc) is 3.02. The van der Waals surface area contributed by atoms with Crippen molar-refractivity contribution in [2.45, 2.75) is 78.3 Å². The molecule has 5 heteroatoms. The first-order valence-corrected chi connectivity index (χ1v) is 9.96. The van der Waals surface area contributed by atoms with Crippen molar-refractivity contribution < 1.29 is 8.42 Å². The molecule has 0 atom stereocenters. The van der Waals surface area contributed by atoms with Crippen molar-refractivity contribution in [1.29, 1.82) is 0 Å². The van der Waals surface area contributed by atoms with Gasteiger partial charge in [0.05, 0.1) is 5.75 Å². The normalized spacial score (nSPS) is 25.9. The van der Waals surface area contributed by atoms with E-state index in [2.05, 4.69) is 37.7 Å². The van der Waals surface area contributed by atoms with Gasteiger partial charge >= 0.3 is 0 Å². The highest BCUT2D eigenvalue weighted by Gasteiger charge is 2.39. The lowest BCUT2D eigenvalue weighted by Crippen LogP contribution is -2.46. The maximum atomic E-state index is 12.2. The second-order valence-electron chi connectivity index (χ2n) is 8.63. The van der Waals surface area contributed by atoms with Crippen LogP contribution in [0.2, 0.25) is 0 Å². The Morgan fingerprint density at radius 1 is 1.00 bits per heavy atom. The Bertz CT molecular complexity index is 437. The number of nitrogens with one attached hydrogen (secondary N) is 2. The summed E-state index contributed by atoms with van der Waals surface area (Å²) in [7, 11) is -3.15. The zero-order valence-electron chi connectivity index (χ0n) is 14.0. The van der Waals surface area contributed by atoms with E-state index < -0.39 is 10.0 Å². The van der Waals surface area contributed by atoms with Crippen molar-refractivity contribution in [2.75, 3.05) is 12.3 Å². The van der Waals surface area contributed by atoms with E-state index in [9.17, 15) is 8.42 Å². The molecule has 0 unspecified atom stereocenters. The maximum Gasteiger partial charge on any atom is 0.211 e. The highest BCUT2D eigenvalue weighted by atomic mass is 32.2. The molecular weight excluding hydrogens is 284 g/mol. The van der Waals surface area contributed by atoms with Crippen LogP contribution < -0.4 is 10.0 Å². The van der Waals surface area contributed by atoms with E-state index in [1.54, 1.807) is 0 Å². The van der Waals surface area contributed by atoms with Crippen LogP contribution in [0.5, 0.6) is 0 Å². The topological polar surface area (TPSA) is 58.2 Å². The van der Waals surface area contributed by atoms with Gasteiger partial charge in [-0.3, -0.25) is 0 Å². The third kappa shape index (κ3) is 6.25. The molecule has 2 rings (SSSR count). The molecular formula is C16H32N2O2S. The Labute approximate surface area is 130 Å². The van der Waals surface area contributed by atoms with Crippen molar-refractivity contribution in [2.24, 2.45) is 10.8 Å². The van der Waals surface area contributed by atoms with Crippen LogP contribution in [0.3, 0.4) is 0 Å². The molecule has 0 heterocycles. The molecule has 21 heavy (non-hydrogen) atoms. The van der Waals surface area contributed by atoms with Gasteiger partial charge in [-0.2, -0.15) is 0 Å². The summed E-state index contributed by atoms with van der Waals surface area (Å²) in [6.45, 7) is 9.79. The summed E-state index contributed by atoms with van der Waals surface area (Å²) in [5, 5.41) is 3.37. The van der Waals surface area contributed by atoms with Gasteiger partial charge in [0.15, 0.2) is 0 Å². The van der Waals surface area contributed by atoms with Gasteiger partial charge in [0.1, 0.15) is 0 Å². The molecule has 0 aliphatic heterocycles. The predicted molar refractivity (Wildman–Crippen MR) is 87.8 cm³/mol. The van der Waals surface area contributed by atoms with E-state index in [0.717, 1.165) is 25.8 Å². The van der Waals surface area contributed by atoms with Crippen molar-refractivity contribution in [3.05, 3.63) is 0 Å². The minimum atomic E-state index is -3.15. The lowest BCUT2D eigenvalue weighted by atomic mass is 9.64. The molecule has 2 fully saturated rings. The van der Waals surface area contributed by atoms with Gasteiger partial charge < -0.3 is 5.32 Å². The summed E-state index contributed by atoms with van der Waals surface area (Å²) in [6.07, 6.45) is 6.23. The Morgan fingerprint density at radius 2 is 1.57 bits per heavy atom. The highest BCUT2D eigenvalue weighted by molar-refractivity contribution is 7.89. The third-order valence-corrected chi connectivity index (χ3v) is 6.02. The molecule has 0 aromatic carbocycles. The molecule has 2 aliphatic carbocycles. The van der Waals surface area contributed by atoms with Crippen LogP contribution >= 0.6 is 0 Å². The molecule has 0 bridgehead atoms. The summed E-state index contributed by atoms with van der Waals surface area (Å²) in [6, 6.07) is 0.741. The molecule has 124 valence electrons. The van der Waals surface area contributed by atoms with Gasteiger partial charge in [-0.25, -0.2) is 13.1 Å². The maximum absolute atomic E-state index is 12.2. The van der Waals surface area contributed by atoms with Crippen LogP contribution in [-0.4, -0.2) is 32.8 Å². The summed E-state index contributed by atoms with van der Waals surface area (Å²) in [5.74, 6) is 0.240. The van der Waals surface area contributed by atoms with Crippen molar-refractivity contribution in [3.63, 3.8) is 0 Å². The van der Waals surface area contributed by atoms with Gasteiger partial charge in [0.2, 0.25) is 10.0 Å². The fraction of sp³-hybridized carbons (Fsp3) is 1.00. The van der Waals surface area contributed by atoms with Crippen LogP contribution in [-0.2, 0) is 10.0 Å². The predicted octanol–water partition coefficient (Wildman–Crippen LogP) is 2.65. The Balaban J connectivity index is 1.80. The van der Waals surface area contributed by atoms with Gasteiger partial charge in [-0.05, 0) is 55.9 Å². The fourth-order valence-electron chi connectivity index (χ4n) is 4.10. The smallest absolute Gasteiger partial charge is 0.211 e. The third-order valence-electron chi connectivity index (χ3n) is 4.50. The number of sulfonamides is 1. The molecule has 2 saturated carbocycles. The molecule has 4 nitrogen and oxygen atoms in total. The SMILES string of the molecule is CC1(C)CC(NS(=O)(=O)CCCNC2CC2)CC(C)(C)C1. The van der Waals surface area contributed by atoms with Crippen LogP contribution in [0.4, 0.5) is 0 Å². The van der Waals surface area contributed by atoms with Crippen LogP contribution in [0.25, 0.3) is 0 Å². The molecule has 0 saturated heterocycles. The molecule has 2 N–H and O–H groups in total. The quantitative estimate of drug-likeness (QED) is 0.710. The number of hydrogen-bond donors (Lipinski definition) is 2. The molecule has 0 aromatic heterocycles. The first-order chi connectivity index (χ1) is 9.57. The molecule has 0 aromatic rings. The number of hydrogen-bond acceptors (Lipinski definition) is 3. The van der Waals surface area contributed by atoms with Crippen molar-refractivity contribution >= 4 is 10.0 Å². The van der Waals surface area contributed by atoms with Crippen LogP contribution in [0.15, 0.2) is 0 Å². The van der Waals surface area contributed by atoms with Crippen molar-refractivity contribution in [1.82, 2.24) is 10.0 Å². The largest absolute Gasteiger partial charge is 0.314 e. The van der Waals surface area contributed by atoms with E-state index in [-0.39, 0.29) is 22.6 Å². The van der Waals surface area contributed by atoms with Gasteiger partial charge in [0, 0.05) is 12.1 Å². The first kappa shape index (κ1) is 17.2. The standard InChI is InChI=1S/C16H32N2O2S/c1-15(2)10-14(11-16(3,4)12-15)18-21(19,20)9-5-8-17-13-6-7-13/h13-14,17-18H,5-12H2,1-4H3. The number of rotatable bonds is 7. The summed E-state index contributed by atoms with van der Waals surface area (Å²) < 4.78 is 27.4.